The maximum atomic E-state index is 8.39. The lowest BCUT2D eigenvalue weighted by molar-refractivity contribution is 0.289. The molecule has 0 saturated heterocycles. The van der Waals surface area contributed by atoms with Gasteiger partial charge in [0.2, 0.25) is 0 Å². The van der Waals surface area contributed by atoms with Crippen molar-refractivity contribution in [2.75, 3.05) is 6.61 Å². The van der Waals surface area contributed by atoms with Crippen LogP contribution in [0.15, 0.2) is 17.9 Å². The molecule has 0 bridgehead atoms. The van der Waals surface area contributed by atoms with Crippen LogP contribution >= 0.6 is 0 Å². The Balaban J connectivity index is 3.57. The van der Waals surface area contributed by atoms with Crippen molar-refractivity contribution >= 4 is 0 Å². The number of unbranched alkanes of at least 4 members (excludes halogenated alkanes) is 1. The Morgan fingerprint density at radius 2 is 2.27 bits per heavy atom. The van der Waals surface area contributed by atoms with E-state index in [1.807, 2.05) is 6.08 Å². The van der Waals surface area contributed by atoms with Crippen molar-refractivity contribution in [3.8, 4) is 24.2 Å². The van der Waals surface area contributed by atoms with Crippen LogP contribution in [0, 0.1) is 24.2 Å². The van der Waals surface area contributed by atoms with Gasteiger partial charge in [0, 0.05) is 12.7 Å². The highest BCUT2D eigenvalue weighted by atomic mass is 16.2. The van der Waals surface area contributed by atoms with Gasteiger partial charge >= 0.3 is 0 Å². The first-order chi connectivity index (χ1) is 5.41. The van der Waals surface area contributed by atoms with E-state index in [9.17, 15) is 0 Å². The van der Waals surface area contributed by atoms with Crippen LogP contribution in [0.5, 0.6) is 0 Å². The summed E-state index contributed by atoms with van der Waals surface area (Å²) in [6, 6.07) is 0. The summed E-state index contributed by atoms with van der Waals surface area (Å²) in [6.07, 6.45) is 9.86. The predicted molar refractivity (Wildman–Crippen MR) is 45.6 cm³/mol. The van der Waals surface area contributed by atoms with Gasteiger partial charge in [-0.1, -0.05) is 5.92 Å². The van der Waals surface area contributed by atoms with Crippen LogP contribution < -0.4 is 0 Å². The minimum Gasteiger partial charge on any atom is -0.396 e. The zero-order valence-corrected chi connectivity index (χ0v) is 6.30. The Hall–Kier alpha value is -1.40. The van der Waals surface area contributed by atoms with Crippen molar-refractivity contribution in [1.29, 1.82) is 0 Å². The maximum Gasteiger partial charge on any atom is 0.0434 e. The maximum absolute atomic E-state index is 8.39. The first-order valence-corrected chi connectivity index (χ1v) is 3.38. The van der Waals surface area contributed by atoms with Crippen molar-refractivity contribution in [3.63, 3.8) is 0 Å². The van der Waals surface area contributed by atoms with E-state index in [1.54, 1.807) is 6.08 Å². The standard InChI is InChI=1S/C10H10O/c1-2-3-4-5-6-7-8-9-10-11/h1,5,7,11H,8-10H2. The van der Waals surface area contributed by atoms with Gasteiger partial charge in [0.1, 0.15) is 0 Å². The molecule has 0 heterocycles. The zero-order chi connectivity index (χ0) is 8.36. The molecule has 1 heteroatoms. The second kappa shape index (κ2) is 8.60. The second-order valence-corrected chi connectivity index (χ2v) is 1.79. The van der Waals surface area contributed by atoms with Gasteiger partial charge in [-0.25, -0.2) is 0 Å². The van der Waals surface area contributed by atoms with Crippen molar-refractivity contribution < 1.29 is 5.11 Å². The molecular formula is C10H10O. The van der Waals surface area contributed by atoms with Crippen LogP contribution in [-0.2, 0) is 0 Å². The fraction of sp³-hybridized carbons (Fsp3) is 0.300. The Morgan fingerprint density at radius 1 is 1.45 bits per heavy atom. The van der Waals surface area contributed by atoms with Gasteiger partial charge in [0.05, 0.1) is 0 Å². The van der Waals surface area contributed by atoms with E-state index in [2.05, 4.69) is 23.5 Å². The minimum atomic E-state index is 0.216. The van der Waals surface area contributed by atoms with Crippen molar-refractivity contribution in [1.82, 2.24) is 0 Å². The number of rotatable bonds is 3. The molecule has 0 atom stereocenters. The number of terminal acetylenes is 1. The lowest BCUT2D eigenvalue weighted by Gasteiger charge is -1.82. The summed E-state index contributed by atoms with van der Waals surface area (Å²) in [5, 5.41) is 8.39. The van der Waals surface area contributed by atoms with Crippen LogP contribution in [0.1, 0.15) is 12.8 Å². The first kappa shape index (κ1) is 9.60. The number of aliphatic hydroxyl groups is 1. The third-order valence-electron chi connectivity index (χ3n) is 0.924. The smallest absolute Gasteiger partial charge is 0.0434 e. The average molecular weight is 146 g/mol. The molecule has 0 spiro atoms. The number of hydrogen-bond acceptors (Lipinski definition) is 1. The molecule has 0 aliphatic rings. The molecule has 0 aliphatic heterocycles. The van der Waals surface area contributed by atoms with E-state index in [0.717, 1.165) is 12.8 Å². The fourth-order valence-corrected chi connectivity index (χ4v) is 0.455. The highest BCUT2D eigenvalue weighted by molar-refractivity contribution is 5.27. The molecular weight excluding hydrogens is 136 g/mol. The van der Waals surface area contributed by atoms with Gasteiger partial charge in [-0.3, -0.25) is 0 Å². The van der Waals surface area contributed by atoms with Crippen molar-refractivity contribution in [2.24, 2.45) is 0 Å². The minimum absolute atomic E-state index is 0.216. The zero-order valence-electron chi connectivity index (χ0n) is 6.30. The second-order valence-electron chi connectivity index (χ2n) is 1.79. The summed E-state index contributed by atoms with van der Waals surface area (Å²) in [5.41, 5.74) is 2.82. The Morgan fingerprint density at radius 3 is 2.91 bits per heavy atom. The summed E-state index contributed by atoms with van der Waals surface area (Å²) in [6.45, 7) is 0.216. The van der Waals surface area contributed by atoms with Gasteiger partial charge in [-0.2, -0.15) is 0 Å². The molecule has 56 valence electrons. The van der Waals surface area contributed by atoms with Gasteiger partial charge in [-0.05, 0) is 30.8 Å². The number of hydrogen-bond donors (Lipinski definition) is 1. The first-order valence-electron chi connectivity index (χ1n) is 3.38. The molecule has 0 radical (unpaired) electrons. The van der Waals surface area contributed by atoms with Gasteiger partial charge in [0.25, 0.3) is 0 Å². The molecule has 0 fully saturated rings. The molecule has 1 nitrogen and oxygen atoms in total. The quantitative estimate of drug-likeness (QED) is 0.359. The van der Waals surface area contributed by atoms with Crippen LogP contribution in [0.25, 0.3) is 0 Å². The predicted octanol–water partition coefficient (Wildman–Crippen LogP) is 1.11. The van der Waals surface area contributed by atoms with Crippen molar-refractivity contribution in [3.05, 3.63) is 17.9 Å². The highest BCUT2D eigenvalue weighted by Gasteiger charge is 1.74. The number of aliphatic hydroxyl groups excluding tert-OH is 1. The van der Waals surface area contributed by atoms with E-state index in [0.29, 0.717) is 0 Å². The third-order valence-corrected chi connectivity index (χ3v) is 0.924. The van der Waals surface area contributed by atoms with Gasteiger partial charge in [0.15, 0.2) is 0 Å². The van der Waals surface area contributed by atoms with E-state index in [1.165, 1.54) is 0 Å². The van der Waals surface area contributed by atoms with Crippen LogP contribution in [0.3, 0.4) is 0 Å². The van der Waals surface area contributed by atoms with E-state index < -0.39 is 0 Å². The molecule has 0 aromatic heterocycles. The average Bonchev–Trinajstić information content (AvgIpc) is 2.03. The van der Waals surface area contributed by atoms with E-state index >= 15 is 0 Å². The molecule has 11 heavy (non-hydrogen) atoms. The molecule has 0 aromatic carbocycles. The monoisotopic (exact) mass is 146 g/mol. The summed E-state index contributed by atoms with van der Waals surface area (Å²) < 4.78 is 0. The summed E-state index contributed by atoms with van der Waals surface area (Å²) >= 11 is 0. The normalized spacial score (nSPS) is 6.55. The number of allylic oxidation sites excluding steroid dienone is 1. The molecule has 0 aromatic rings. The van der Waals surface area contributed by atoms with E-state index in [-0.39, 0.29) is 6.61 Å². The molecule has 0 amide bonds. The molecule has 0 rings (SSSR count). The van der Waals surface area contributed by atoms with Crippen molar-refractivity contribution in [2.45, 2.75) is 12.8 Å². The Bertz CT molecular complexity index is 238. The molecule has 0 saturated carbocycles. The Labute approximate surface area is 67.4 Å². The highest BCUT2D eigenvalue weighted by Crippen LogP contribution is 1.85. The summed E-state index contributed by atoms with van der Waals surface area (Å²) in [5.74, 6) is 7.21. The molecule has 0 aliphatic carbocycles. The van der Waals surface area contributed by atoms with Gasteiger partial charge < -0.3 is 5.11 Å². The fourth-order valence-electron chi connectivity index (χ4n) is 0.455. The lowest BCUT2D eigenvalue weighted by atomic mass is 10.3. The lowest BCUT2D eigenvalue weighted by Crippen LogP contribution is -1.77. The van der Waals surface area contributed by atoms with E-state index in [4.69, 9.17) is 11.5 Å². The Kier molecular flexibility index (Phi) is 7.51. The summed E-state index contributed by atoms with van der Waals surface area (Å²) in [7, 11) is 0. The SMILES string of the molecule is C#CC#CC=C=CCCCO. The third kappa shape index (κ3) is 8.60. The van der Waals surface area contributed by atoms with Gasteiger partial charge in [-0.15, -0.1) is 12.2 Å². The molecule has 0 unspecified atom stereocenters. The molecule has 1 N–H and O–H groups in total. The summed E-state index contributed by atoms with van der Waals surface area (Å²) in [4.78, 5) is 0. The van der Waals surface area contributed by atoms with Crippen LogP contribution in [0.2, 0.25) is 0 Å². The van der Waals surface area contributed by atoms with Crippen LogP contribution in [-0.4, -0.2) is 11.7 Å². The van der Waals surface area contributed by atoms with Crippen LogP contribution in [0.4, 0.5) is 0 Å². The largest absolute Gasteiger partial charge is 0.396 e. The topological polar surface area (TPSA) is 20.2 Å².